The fraction of sp³-hybridized carbons (Fsp3) is 0.800. The Morgan fingerprint density at radius 2 is 1.54 bits per heavy atom. The van der Waals surface area contributed by atoms with Gasteiger partial charge in [-0.15, -0.1) is 0 Å². The first-order valence-electron chi connectivity index (χ1n) is 9.50. The molecule has 28 heavy (non-hydrogen) atoms. The van der Waals surface area contributed by atoms with E-state index in [0.29, 0.717) is 25.8 Å². The Hall–Kier alpha value is -2.48. The third-order valence-corrected chi connectivity index (χ3v) is 5.36. The van der Waals surface area contributed by atoms with Crippen molar-refractivity contribution in [2.24, 2.45) is 30.8 Å². The zero-order chi connectivity index (χ0) is 21.1. The third kappa shape index (κ3) is 6.92. The molecule has 1 fully saturated rings. The van der Waals surface area contributed by atoms with Crippen LogP contribution in [0.3, 0.4) is 0 Å². The highest BCUT2D eigenvalue weighted by molar-refractivity contribution is 5.39. The van der Waals surface area contributed by atoms with Crippen LogP contribution in [0.5, 0.6) is 0 Å². The second kappa shape index (κ2) is 10.8. The molecular formula is C20H28N4O4. The molecule has 152 valence electrons. The molecule has 0 spiro atoms. The maximum Gasteiger partial charge on any atom is 0.235 e. The molecule has 0 N–H and O–H groups in total. The van der Waals surface area contributed by atoms with E-state index in [-0.39, 0.29) is 17.4 Å². The second-order valence-corrected chi connectivity index (χ2v) is 8.78. The summed E-state index contributed by atoms with van der Waals surface area (Å²) in [6.45, 7) is 6.84. The molecule has 0 radical (unpaired) electrons. The van der Waals surface area contributed by atoms with Gasteiger partial charge < -0.3 is 0 Å². The van der Waals surface area contributed by atoms with Gasteiger partial charge in [-0.2, -0.15) is 9.98 Å². The summed E-state index contributed by atoms with van der Waals surface area (Å²) in [6, 6.07) is -0.514. The molecule has 3 atom stereocenters. The molecule has 8 heteroatoms. The zero-order valence-corrected chi connectivity index (χ0v) is 16.9. The summed E-state index contributed by atoms with van der Waals surface area (Å²) in [4.78, 5) is 58.7. The molecule has 0 heterocycles. The van der Waals surface area contributed by atoms with E-state index in [1.807, 2.05) is 6.92 Å². The Balaban J connectivity index is 3.14. The molecule has 1 saturated carbocycles. The Kier molecular flexibility index (Phi) is 9.05. The molecule has 1 aliphatic carbocycles. The summed E-state index contributed by atoms with van der Waals surface area (Å²) < 4.78 is 0. The van der Waals surface area contributed by atoms with Crippen molar-refractivity contribution in [3.63, 3.8) is 0 Å². The van der Waals surface area contributed by atoms with Gasteiger partial charge in [0.2, 0.25) is 24.3 Å². The van der Waals surface area contributed by atoms with Crippen molar-refractivity contribution in [1.82, 2.24) is 0 Å². The van der Waals surface area contributed by atoms with Gasteiger partial charge in [-0.3, -0.25) is 0 Å². The number of hydrogen-bond acceptors (Lipinski definition) is 8. The van der Waals surface area contributed by atoms with E-state index in [1.165, 1.54) is 6.08 Å². The van der Waals surface area contributed by atoms with E-state index in [1.54, 1.807) is 18.2 Å². The molecule has 0 saturated heterocycles. The van der Waals surface area contributed by atoms with Gasteiger partial charge in [-0.25, -0.2) is 29.2 Å². The van der Waals surface area contributed by atoms with Gasteiger partial charge in [0, 0.05) is 0 Å². The molecule has 0 bridgehead atoms. The van der Waals surface area contributed by atoms with Crippen molar-refractivity contribution < 1.29 is 19.2 Å². The fourth-order valence-corrected chi connectivity index (χ4v) is 4.99. The Morgan fingerprint density at radius 3 is 2.14 bits per heavy atom. The minimum absolute atomic E-state index is 0.193. The van der Waals surface area contributed by atoms with Gasteiger partial charge in [-0.1, -0.05) is 33.6 Å². The number of unbranched alkanes of at least 4 members (excludes halogenated alkanes) is 2. The number of hydrogen-bond donors (Lipinski definition) is 0. The number of isocyanates is 4. The van der Waals surface area contributed by atoms with Gasteiger partial charge >= 0.3 is 0 Å². The predicted octanol–water partition coefficient (Wildman–Crippen LogP) is 3.21. The van der Waals surface area contributed by atoms with Crippen molar-refractivity contribution in [2.75, 3.05) is 13.1 Å². The smallest absolute Gasteiger partial charge is 0.211 e. The molecule has 0 amide bonds. The van der Waals surface area contributed by atoms with Crippen LogP contribution < -0.4 is 0 Å². The van der Waals surface area contributed by atoms with Crippen LogP contribution in [-0.4, -0.2) is 49.0 Å². The number of carbonyl (C=O) groups excluding carboxylic acids is 4. The summed E-state index contributed by atoms with van der Waals surface area (Å²) in [7, 11) is 0. The molecule has 0 aromatic heterocycles. The minimum Gasteiger partial charge on any atom is -0.211 e. The lowest BCUT2D eigenvalue weighted by Gasteiger charge is -2.52. The van der Waals surface area contributed by atoms with Crippen molar-refractivity contribution in [3.05, 3.63) is 0 Å². The molecule has 1 rings (SSSR count). The van der Waals surface area contributed by atoms with E-state index in [2.05, 4.69) is 33.8 Å². The van der Waals surface area contributed by atoms with Crippen LogP contribution in [0, 0.1) is 10.8 Å². The van der Waals surface area contributed by atoms with Crippen LogP contribution in [-0.2, 0) is 19.2 Å². The van der Waals surface area contributed by atoms with Gasteiger partial charge in [0.05, 0.1) is 24.7 Å². The summed E-state index contributed by atoms with van der Waals surface area (Å²) in [6.07, 6.45) is 11.1. The summed E-state index contributed by atoms with van der Waals surface area (Å²) in [5, 5.41) is 0. The molecule has 0 aromatic carbocycles. The number of rotatable bonds is 11. The highest BCUT2D eigenvalue weighted by Gasteiger charge is 2.53. The molecule has 0 aliphatic heterocycles. The van der Waals surface area contributed by atoms with Crippen LogP contribution in [0.15, 0.2) is 20.0 Å². The molecule has 0 aromatic rings. The number of aliphatic imine (C=N–C) groups is 4. The first-order chi connectivity index (χ1) is 13.3. The highest BCUT2D eigenvalue weighted by atomic mass is 16.1. The lowest BCUT2D eigenvalue weighted by molar-refractivity contribution is 0.0298. The van der Waals surface area contributed by atoms with Crippen molar-refractivity contribution >= 4 is 24.3 Å². The van der Waals surface area contributed by atoms with E-state index in [4.69, 9.17) is 0 Å². The topological polar surface area (TPSA) is 118 Å². The maximum atomic E-state index is 11.3. The molecular weight excluding hydrogens is 360 g/mol. The van der Waals surface area contributed by atoms with Gasteiger partial charge in [0.15, 0.2) is 0 Å². The average Bonchev–Trinajstić information content (AvgIpc) is 2.60. The fourth-order valence-electron chi connectivity index (χ4n) is 4.99. The second-order valence-electron chi connectivity index (χ2n) is 8.78. The monoisotopic (exact) mass is 388 g/mol. The van der Waals surface area contributed by atoms with Gasteiger partial charge in [-0.05, 0) is 42.9 Å². The lowest BCUT2D eigenvalue weighted by atomic mass is 9.55. The van der Waals surface area contributed by atoms with Crippen molar-refractivity contribution in [2.45, 2.75) is 77.3 Å². The number of nitrogens with zero attached hydrogens (tertiary/aromatic N) is 4. The van der Waals surface area contributed by atoms with Crippen LogP contribution in [0.1, 0.15) is 65.7 Å². The van der Waals surface area contributed by atoms with Gasteiger partial charge in [0.1, 0.15) is 0 Å². The first-order valence-corrected chi connectivity index (χ1v) is 9.50. The summed E-state index contributed by atoms with van der Waals surface area (Å²) >= 11 is 0. The zero-order valence-electron chi connectivity index (χ0n) is 16.9. The summed E-state index contributed by atoms with van der Waals surface area (Å²) in [5.74, 6) is 0. The SMILES string of the molecule is CC1(C)CC(C)(CN=C=O)CC(N=C=O)(C(CCCCCN=C=O)N=C=O)C1. The molecule has 8 nitrogen and oxygen atoms in total. The van der Waals surface area contributed by atoms with E-state index in [9.17, 15) is 19.2 Å². The van der Waals surface area contributed by atoms with Gasteiger partial charge in [0.25, 0.3) is 0 Å². The highest BCUT2D eigenvalue weighted by Crippen LogP contribution is 2.54. The summed E-state index contributed by atoms with van der Waals surface area (Å²) in [5.41, 5.74) is -1.47. The van der Waals surface area contributed by atoms with Crippen LogP contribution in [0.2, 0.25) is 0 Å². The van der Waals surface area contributed by atoms with E-state index >= 15 is 0 Å². The quantitative estimate of drug-likeness (QED) is 0.307. The van der Waals surface area contributed by atoms with E-state index < -0.39 is 11.6 Å². The molecule has 1 aliphatic rings. The standard InChI is InChI=1S/C20H28N4O4/c1-18(2)9-19(3,12-22-14-26)11-20(10-18,24-16-28)17(23-15-27)7-5-4-6-8-21-13-25/h17H,4-12H2,1-3H3. The Bertz CT molecular complexity index is 726. The average molecular weight is 388 g/mol. The Labute approximate surface area is 165 Å². The molecule has 3 unspecified atom stereocenters. The first kappa shape index (κ1) is 23.6. The largest absolute Gasteiger partial charge is 0.235 e. The maximum absolute atomic E-state index is 11.3. The minimum atomic E-state index is -0.894. The normalized spacial score (nSPS) is 26.5. The van der Waals surface area contributed by atoms with Crippen LogP contribution in [0.4, 0.5) is 0 Å². The van der Waals surface area contributed by atoms with Crippen LogP contribution in [0.25, 0.3) is 0 Å². The lowest BCUT2D eigenvalue weighted by Crippen LogP contribution is -2.53. The van der Waals surface area contributed by atoms with Crippen molar-refractivity contribution in [1.29, 1.82) is 0 Å². The van der Waals surface area contributed by atoms with E-state index in [0.717, 1.165) is 25.7 Å². The predicted molar refractivity (Wildman–Crippen MR) is 103 cm³/mol. The Morgan fingerprint density at radius 1 is 0.821 bits per heavy atom. The van der Waals surface area contributed by atoms with Crippen LogP contribution >= 0.6 is 0 Å². The third-order valence-electron chi connectivity index (χ3n) is 5.36. The van der Waals surface area contributed by atoms with Crippen molar-refractivity contribution in [3.8, 4) is 0 Å².